The molecule has 0 unspecified atom stereocenters. The third-order valence-electron chi connectivity index (χ3n) is 3.85. The molecule has 0 spiro atoms. The zero-order valence-electron chi connectivity index (χ0n) is 12.9. The SMILES string of the molecule is CNC(=O)c1csc2c(C(F)(F)F)cc(OC3CCNCC3)nc12. The van der Waals surface area contributed by atoms with Crippen molar-refractivity contribution in [1.29, 1.82) is 0 Å². The topological polar surface area (TPSA) is 63.2 Å². The van der Waals surface area contributed by atoms with Crippen molar-refractivity contribution in [2.75, 3.05) is 20.1 Å². The highest BCUT2D eigenvalue weighted by Gasteiger charge is 2.35. The monoisotopic (exact) mass is 359 g/mol. The van der Waals surface area contributed by atoms with Crippen LogP contribution in [0.25, 0.3) is 10.2 Å². The van der Waals surface area contributed by atoms with E-state index in [9.17, 15) is 18.0 Å². The number of pyridine rings is 1. The van der Waals surface area contributed by atoms with Crippen molar-refractivity contribution in [3.8, 4) is 5.88 Å². The number of thiophene rings is 1. The standard InChI is InChI=1S/C15H16F3N3O2S/c1-19-14(22)9-7-24-13-10(15(16,17)18)6-11(21-12(9)13)23-8-2-4-20-5-3-8/h6-8,20H,2-5H2,1H3,(H,19,22). The quantitative estimate of drug-likeness (QED) is 0.885. The number of piperidine rings is 1. The van der Waals surface area contributed by atoms with Gasteiger partial charge < -0.3 is 15.4 Å². The zero-order chi connectivity index (χ0) is 17.3. The van der Waals surface area contributed by atoms with Crippen LogP contribution >= 0.6 is 11.3 Å². The molecule has 0 radical (unpaired) electrons. The molecule has 1 saturated heterocycles. The van der Waals surface area contributed by atoms with Crippen LogP contribution in [0.5, 0.6) is 5.88 Å². The van der Waals surface area contributed by atoms with Gasteiger partial charge in [0.2, 0.25) is 5.88 Å². The summed E-state index contributed by atoms with van der Waals surface area (Å²) in [5.41, 5.74) is -0.673. The van der Waals surface area contributed by atoms with Crippen LogP contribution in [0.4, 0.5) is 13.2 Å². The largest absolute Gasteiger partial charge is 0.474 e. The smallest absolute Gasteiger partial charge is 0.418 e. The van der Waals surface area contributed by atoms with Crippen LogP contribution in [-0.4, -0.2) is 37.1 Å². The number of hydrogen-bond acceptors (Lipinski definition) is 5. The molecule has 0 aliphatic carbocycles. The lowest BCUT2D eigenvalue weighted by atomic mass is 10.1. The molecule has 0 saturated carbocycles. The second kappa shape index (κ2) is 6.56. The molecule has 9 heteroatoms. The van der Waals surface area contributed by atoms with Crippen LogP contribution in [0.1, 0.15) is 28.8 Å². The first-order chi connectivity index (χ1) is 11.4. The summed E-state index contributed by atoms with van der Waals surface area (Å²) in [4.78, 5) is 16.1. The van der Waals surface area contributed by atoms with Gasteiger partial charge in [-0.1, -0.05) is 0 Å². The summed E-state index contributed by atoms with van der Waals surface area (Å²) in [5.74, 6) is -0.564. The van der Waals surface area contributed by atoms with Gasteiger partial charge in [-0.25, -0.2) is 4.98 Å². The molecule has 2 aromatic rings. The Kier molecular flexibility index (Phi) is 4.64. The minimum Gasteiger partial charge on any atom is -0.474 e. The van der Waals surface area contributed by atoms with Crippen molar-refractivity contribution in [3.05, 3.63) is 22.6 Å². The fourth-order valence-corrected chi connectivity index (χ4v) is 3.66. The average Bonchev–Trinajstić information content (AvgIpc) is 2.97. The average molecular weight is 359 g/mol. The van der Waals surface area contributed by atoms with Crippen LogP contribution in [0, 0.1) is 0 Å². The number of carbonyl (C=O) groups is 1. The van der Waals surface area contributed by atoms with Gasteiger partial charge in [0.25, 0.3) is 5.91 Å². The molecule has 3 rings (SSSR count). The Morgan fingerprint density at radius 2 is 2.12 bits per heavy atom. The summed E-state index contributed by atoms with van der Waals surface area (Å²) in [5, 5.41) is 6.97. The van der Waals surface area contributed by atoms with E-state index in [1.807, 2.05) is 0 Å². The first-order valence-electron chi connectivity index (χ1n) is 7.49. The summed E-state index contributed by atoms with van der Waals surface area (Å²) in [6.07, 6.45) is -3.32. The molecule has 3 heterocycles. The van der Waals surface area contributed by atoms with Crippen LogP contribution < -0.4 is 15.4 Å². The lowest BCUT2D eigenvalue weighted by Crippen LogP contribution is -2.34. The van der Waals surface area contributed by atoms with Crippen molar-refractivity contribution in [3.63, 3.8) is 0 Å². The Balaban J connectivity index is 2.07. The van der Waals surface area contributed by atoms with E-state index >= 15 is 0 Å². The van der Waals surface area contributed by atoms with Gasteiger partial charge in [0.1, 0.15) is 6.10 Å². The highest BCUT2D eigenvalue weighted by Crippen LogP contribution is 2.40. The number of halogens is 3. The second-order valence-electron chi connectivity index (χ2n) is 5.48. The van der Waals surface area contributed by atoms with Crippen molar-refractivity contribution < 1.29 is 22.7 Å². The van der Waals surface area contributed by atoms with Gasteiger partial charge in [-0.3, -0.25) is 4.79 Å². The van der Waals surface area contributed by atoms with E-state index in [0.717, 1.165) is 30.5 Å². The molecule has 2 N–H and O–H groups in total. The van der Waals surface area contributed by atoms with Gasteiger partial charge in [0.15, 0.2) is 0 Å². The number of alkyl halides is 3. The predicted molar refractivity (Wildman–Crippen MR) is 84.5 cm³/mol. The molecule has 130 valence electrons. The highest BCUT2D eigenvalue weighted by atomic mass is 32.1. The molecule has 1 fully saturated rings. The molecule has 1 aliphatic heterocycles. The first kappa shape index (κ1) is 17.0. The maximum atomic E-state index is 13.4. The van der Waals surface area contributed by atoms with Crippen LogP contribution in [0.2, 0.25) is 0 Å². The van der Waals surface area contributed by atoms with E-state index in [1.54, 1.807) is 0 Å². The third kappa shape index (κ3) is 3.32. The van der Waals surface area contributed by atoms with Gasteiger partial charge in [0, 0.05) is 18.5 Å². The Hall–Kier alpha value is -1.87. The number of ether oxygens (including phenoxy) is 1. The molecule has 1 amide bonds. The van der Waals surface area contributed by atoms with Gasteiger partial charge in [0.05, 0.1) is 21.3 Å². The zero-order valence-corrected chi connectivity index (χ0v) is 13.7. The summed E-state index contributed by atoms with van der Waals surface area (Å²) in [6, 6.07) is 0.925. The Morgan fingerprint density at radius 3 is 2.75 bits per heavy atom. The van der Waals surface area contributed by atoms with Gasteiger partial charge in [-0.05, 0) is 25.9 Å². The summed E-state index contributed by atoms with van der Waals surface area (Å²) < 4.78 is 45.7. The number of nitrogens with one attached hydrogen (secondary N) is 2. The van der Waals surface area contributed by atoms with Gasteiger partial charge in [-0.2, -0.15) is 13.2 Å². The molecule has 0 atom stereocenters. The number of fused-ring (bicyclic) bond motifs is 1. The number of carbonyl (C=O) groups excluding carboxylic acids is 1. The molecular weight excluding hydrogens is 343 g/mol. The van der Waals surface area contributed by atoms with Crippen molar-refractivity contribution in [1.82, 2.24) is 15.6 Å². The fourth-order valence-electron chi connectivity index (χ4n) is 2.64. The minimum atomic E-state index is -4.54. The van der Waals surface area contributed by atoms with Gasteiger partial charge >= 0.3 is 6.18 Å². The van der Waals surface area contributed by atoms with Gasteiger partial charge in [-0.15, -0.1) is 11.3 Å². The van der Waals surface area contributed by atoms with Crippen LogP contribution in [-0.2, 0) is 6.18 Å². The van der Waals surface area contributed by atoms with E-state index in [2.05, 4.69) is 15.6 Å². The fraction of sp³-hybridized carbons (Fsp3) is 0.467. The summed E-state index contributed by atoms with van der Waals surface area (Å²) in [7, 11) is 1.42. The maximum absolute atomic E-state index is 13.4. The Labute approximate surface area is 140 Å². The minimum absolute atomic E-state index is 0.0260. The number of amides is 1. The molecule has 0 bridgehead atoms. The molecule has 24 heavy (non-hydrogen) atoms. The number of nitrogens with zero attached hydrogens (tertiary/aromatic N) is 1. The van der Waals surface area contributed by atoms with E-state index in [1.165, 1.54) is 12.4 Å². The predicted octanol–water partition coefficient (Wildman–Crippen LogP) is 2.81. The van der Waals surface area contributed by atoms with E-state index in [-0.39, 0.29) is 27.8 Å². The molecule has 2 aromatic heterocycles. The van der Waals surface area contributed by atoms with Crippen molar-refractivity contribution in [2.24, 2.45) is 0 Å². The first-order valence-corrected chi connectivity index (χ1v) is 8.37. The Morgan fingerprint density at radius 1 is 1.42 bits per heavy atom. The second-order valence-corrected chi connectivity index (χ2v) is 6.36. The van der Waals surface area contributed by atoms with Crippen LogP contribution in [0.3, 0.4) is 0 Å². The lowest BCUT2D eigenvalue weighted by molar-refractivity contribution is -0.136. The van der Waals surface area contributed by atoms with Crippen molar-refractivity contribution in [2.45, 2.75) is 25.1 Å². The van der Waals surface area contributed by atoms with E-state index in [0.29, 0.717) is 12.8 Å². The third-order valence-corrected chi connectivity index (χ3v) is 4.85. The molecular formula is C15H16F3N3O2S. The normalized spacial score (nSPS) is 16.3. The van der Waals surface area contributed by atoms with Crippen LogP contribution in [0.15, 0.2) is 11.4 Å². The number of aromatic nitrogens is 1. The van der Waals surface area contributed by atoms with E-state index in [4.69, 9.17) is 4.74 Å². The number of hydrogen-bond donors (Lipinski definition) is 2. The Bertz CT molecular complexity index is 754. The van der Waals surface area contributed by atoms with Crippen molar-refractivity contribution >= 4 is 27.5 Å². The molecule has 1 aliphatic rings. The molecule has 0 aromatic carbocycles. The maximum Gasteiger partial charge on any atom is 0.418 e. The highest BCUT2D eigenvalue weighted by molar-refractivity contribution is 7.17. The summed E-state index contributed by atoms with van der Waals surface area (Å²) in [6.45, 7) is 1.50. The summed E-state index contributed by atoms with van der Waals surface area (Å²) >= 11 is 0.857. The molecule has 5 nitrogen and oxygen atoms in total. The van der Waals surface area contributed by atoms with E-state index < -0.39 is 17.6 Å². The lowest BCUT2D eigenvalue weighted by Gasteiger charge is -2.23. The number of rotatable bonds is 3.